The van der Waals surface area contributed by atoms with Crippen LogP contribution in [-0.2, 0) is 27.8 Å². The van der Waals surface area contributed by atoms with Gasteiger partial charge in [0.25, 0.3) is 0 Å². The topological polar surface area (TPSA) is 57.7 Å². The molecule has 0 unspecified atom stereocenters. The molecule has 0 bridgehead atoms. The fourth-order valence-electron chi connectivity index (χ4n) is 3.32. The third-order valence-corrected chi connectivity index (χ3v) is 6.13. The lowest BCUT2D eigenvalue weighted by atomic mass is 10.00. The summed E-state index contributed by atoms with van der Waals surface area (Å²) >= 11 is 0. The summed E-state index contributed by atoms with van der Waals surface area (Å²) in [6.07, 6.45) is 1.94. The van der Waals surface area contributed by atoms with Gasteiger partial charge in [-0.3, -0.25) is 9.10 Å². The zero-order valence-electron chi connectivity index (χ0n) is 15.4. The Morgan fingerprint density at radius 1 is 1.08 bits per heavy atom. The number of sulfonamides is 1. The third-order valence-electron chi connectivity index (χ3n) is 5.01. The van der Waals surface area contributed by atoms with Crippen molar-refractivity contribution in [1.29, 1.82) is 0 Å². The molecule has 0 fully saturated rings. The van der Waals surface area contributed by atoms with Crippen molar-refractivity contribution < 1.29 is 13.2 Å². The SMILES string of the molecule is Cc1cccc(N(CC(=O)N2CCc3ccccc3C2)S(C)(=O)=O)c1C. The summed E-state index contributed by atoms with van der Waals surface area (Å²) in [5, 5.41) is 0. The van der Waals surface area contributed by atoms with Gasteiger partial charge in [-0.2, -0.15) is 0 Å². The number of hydrogen-bond acceptors (Lipinski definition) is 3. The van der Waals surface area contributed by atoms with Crippen LogP contribution in [0.1, 0.15) is 22.3 Å². The maximum absolute atomic E-state index is 12.9. The summed E-state index contributed by atoms with van der Waals surface area (Å²) in [6, 6.07) is 13.6. The fourth-order valence-corrected chi connectivity index (χ4v) is 4.22. The molecule has 2 aromatic carbocycles. The Balaban J connectivity index is 1.84. The summed E-state index contributed by atoms with van der Waals surface area (Å²) in [5.74, 6) is -0.175. The molecule has 1 aliphatic heterocycles. The Kier molecular flexibility index (Phi) is 5.05. The molecule has 0 spiro atoms. The molecule has 5 nitrogen and oxygen atoms in total. The second-order valence-electron chi connectivity index (χ2n) is 6.82. The molecule has 1 amide bonds. The summed E-state index contributed by atoms with van der Waals surface area (Å²) in [5.41, 5.74) is 4.82. The molecule has 26 heavy (non-hydrogen) atoms. The quantitative estimate of drug-likeness (QED) is 0.829. The lowest BCUT2D eigenvalue weighted by molar-refractivity contribution is -0.130. The van der Waals surface area contributed by atoms with E-state index in [1.165, 1.54) is 9.87 Å². The predicted molar refractivity (Wildman–Crippen MR) is 104 cm³/mol. The van der Waals surface area contributed by atoms with Crippen molar-refractivity contribution in [2.75, 3.05) is 23.7 Å². The standard InChI is InChI=1S/C20H24N2O3S/c1-15-7-6-10-19(16(15)2)22(26(3,24)25)14-20(23)21-12-11-17-8-4-5-9-18(17)13-21/h4-10H,11-14H2,1-3H3. The van der Waals surface area contributed by atoms with Gasteiger partial charge in [0.1, 0.15) is 6.54 Å². The average molecular weight is 372 g/mol. The highest BCUT2D eigenvalue weighted by Gasteiger charge is 2.27. The number of nitrogens with zero attached hydrogens (tertiary/aromatic N) is 2. The van der Waals surface area contributed by atoms with E-state index in [2.05, 4.69) is 6.07 Å². The van der Waals surface area contributed by atoms with Crippen LogP contribution in [0.2, 0.25) is 0 Å². The largest absolute Gasteiger partial charge is 0.336 e. The number of carbonyl (C=O) groups is 1. The van der Waals surface area contributed by atoms with Gasteiger partial charge in [-0.25, -0.2) is 8.42 Å². The maximum Gasteiger partial charge on any atom is 0.243 e. The van der Waals surface area contributed by atoms with Gasteiger partial charge in [0.05, 0.1) is 11.9 Å². The van der Waals surface area contributed by atoms with Gasteiger partial charge in [-0.1, -0.05) is 36.4 Å². The van der Waals surface area contributed by atoms with Crippen LogP contribution in [0.15, 0.2) is 42.5 Å². The lowest BCUT2D eigenvalue weighted by Crippen LogP contribution is -2.44. The summed E-state index contributed by atoms with van der Waals surface area (Å²) in [6.45, 7) is 4.78. The lowest BCUT2D eigenvalue weighted by Gasteiger charge is -2.31. The Morgan fingerprint density at radius 3 is 2.46 bits per heavy atom. The van der Waals surface area contributed by atoms with E-state index in [0.717, 1.165) is 29.4 Å². The fraction of sp³-hybridized carbons (Fsp3) is 0.350. The Morgan fingerprint density at radius 2 is 1.77 bits per heavy atom. The monoisotopic (exact) mass is 372 g/mol. The van der Waals surface area contributed by atoms with E-state index >= 15 is 0 Å². The molecule has 3 rings (SSSR count). The number of rotatable bonds is 4. The molecule has 0 N–H and O–H groups in total. The summed E-state index contributed by atoms with van der Waals surface area (Å²) in [4.78, 5) is 14.6. The second-order valence-corrected chi connectivity index (χ2v) is 8.73. The molecule has 0 saturated heterocycles. The van der Waals surface area contributed by atoms with Crippen LogP contribution in [-0.4, -0.2) is 38.6 Å². The smallest absolute Gasteiger partial charge is 0.243 e. The average Bonchev–Trinajstić information content (AvgIpc) is 2.61. The predicted octanol–water partition coefficient (Wildman–Crippen LogP) is 2.65. The van der Waals surface area contributed by atoms with Crippen LogP contribution in [0.25, 0.3) is 0 Å². The molecule has 1 aliphatic rings. The molecule has 0 radical (unpaired) electrons. The first-order chi connectivity index (χ1) is 12.3. The van der Waals surface area contributed by atoms with Crippen molar-refractivity contribution in [2.45, 2.75) is 26.8 Å². The zero-order valence-corrected chi connectivity index (χ0v) is 16.2. The van der Waals surface area contributed by atoms with Gasteiger partial charge in [0.2, 0.25) is 15.9 Å². The molecule has 0 atom stereocenters. The number of aryl methyl sites for hydroxylation is 1. The van der Waals surface area contributed by atoms with E-state index in [1.807, 2.05) is 44.2 Å². The van der Waals surface area contributed by atoms with Gasteiger partial charge < -0.3 is 4.90 Å². The van der Waals surface area contributed by atoms with Crippen LogP contribution < -0.4 is 4.31 Å². The molecule has 2 aromatic rings. The van der Waals surface area contributed by atoms with Crippen molar-refractivity contribution in [1.82, 2.24) is 4.90 Å². The van der Waals surface area contributed by atoms with Crippen molar-refractivity contribution in [3.05, 3.63) is 64.7 Å². The second kappa shape index (κ2) is 7.11. The minimum Gasteiger partial charge on any atom is -0.336 e. The van der Waals surface area contributed by atoms with Crippen molar-refractivity contribution in [3.8, 4) is 0 Å². The van der Waals surface area contributed by atoms with Gasteiger partial charge >= 0.3 is 0 Å². The van der Waals surface area contributed by atoms with Crippen molar-refractivity contribution >= 4 is 21.6 Å². The highest BCUT2D eigenvalue weighted by molar-refractivity contribution is 7.92. The first-order valence-corrected chi connectivity index (χ1v) is 10.5. The molecular weight excluding hydrogens is 348 g/mol. The number of fused-ring (bicyclic) bond motifs is 1. The van der Waals surface area contributed by atoms with E-state index in [9.17, 15) is 13.2 Å². The number of benzene rings is 2. The van der Waals surface area contributed by atoms with E-state index in [-0.39, 0.29) is 12.5 Å². The van der Waals surface area contributed by atoms with Crippen molar-refractivity contribution in [2.24, 2.45) is 0 Å². The Hall–Kier alpha value is -2.34. The number of amides is 1. The molecule has 0 aromatic heterocycles. The Bertz CT molecular complexity index is 938. The van der Waals surface area contributed by atoms with E-state index < -0.39 is 10.0 Å². The van der Waals surface area contributed by atoms with Gasteiger partial charge in [-0.05, 0) is 48.6 Å². The van der Waals surface area contributed by atoms with Crippen LogP contribution >= 0.6 is 0 Å². The van der Waals surface area contributed by atoms with Crippen LogP contribution in [0, 0.1) is 13.8 Å². The summed E-state index contributed by atoms with van der Waals surface area (Å²) < 4.78 is 26.0. The zero-order chi connectivity index (χ0) is 18.9. The van der Waals surface area contributed by atoms with Crippen LogP contribution in [0.5, 0.6) is 0 Å². The highest BCUT2D eigenvalue weighted by atomic mass is 32.2. The first kappa shape index (κ1) is 18.5. The van der Waals surface area contributed by atoms with Crippen LogP contribution in [0.4, 0.5) is 5.69 Å². The normalized spacial score (nSPS) is 14.0. The van der Waals surface area contributed by atoms with Crippen LogP contribution in [0.3, 0.4) is 0 Å². The third kappa shape index (κ3) is 3.75. The molecule has 6 heteroatoms. The molecule has 1 heterocycles. The van der Waals surface area contributed by atoms with Gasteiger partial charge in [-0.15, -0.1) is 0 Å². The molecular formula is C20H24N2O3S. The summed E-state index contributed by atoms with van der Waals surface area (Å²) in [7, 11) is -3.57. The van der Waals surface area contributed by atoms with Gasteiger partial charge in [0.15, 0.2) is 0 Å². The highest BCUT2D eigenvalue weighted by Crippen LogP contribution is 2.26. The number of hydrogen-bond donors (Lipinski definition) is 0. The maximum atomic E-state index is 12.9. The number of anilines is 1. The van der Waals surface area contributed by atoms with E-state index in [4.69, 9.17) is 0 Å². The first-order valence-electron chi connectivity index (χ1n) is 8.66. The van der Waals surface area contributed by atoms with E-state index in [1.54, 1.807) is 11.0 Å². The minimum absolute atomic E-state index is 0.175. The molecule has 0 aliphatic carbocycles. The van der Waals surface area contributed by atoms with Gasteiger partial charge in [0, 0.05) is 13.1 Å². The van der Waals surface area contributed by atoms with Crippen molar-refractivity contribution in [3.63, 3.8) is 0 Å². The van der Waals surface area contributed by atoms with E-state index in [0.29, 0.717) is 18.8 Å². The molecule has 0 saturated carbocycles. The molecule has 138 valence electrons. The minimum atomic E-state index is -3.57. The number of carbonyl (C=O) groups excluding carboxylic acids is 1. The Labute approximate surface area is 155 Å².